The van der Waals surface area contributed by atoms with E-state index in [2.05, 4.69) is 33.0 Å². The van der Waals surface area contributed by atoms with Gasteiger partial charge in [-0.2, -0.15) is 0 Å². The van der Waals surface area contributed by atoms with Gasteiger partial charge in [-0.25, -0.2) is 4.98 Å². The molecular formula is C15H12BrNOS. The van der Waals surface area contributed by atoms with Gasteiger partial charge in [-0.05, 0) is 46.4 Å². The van der Waals surface area contributed by atoms with Crippen molar-refractivity contribution in [3.63, 3.8) is 0 Å². The van der Waals surface area contributed by atoms with Gasteiger partial charge in [0.15, 0.2) is 0 Å². The Balaban J connectivity index is 1.92. The highest BCUT2D eigenvalue weighted by molar-refractivity contribution is 9.10. The number of para-hydroxylation sites is 1. The maximum atomic E-state index is 5.92. The summed E-state index contributed by atoms with van der Waals surface area (Å²) in [6, 6.07) is 12.1. The van der Waals surface area contributed by atoms with Crippen LogP contribution >= 0.6 is 27.3 Å². The molecule has 0 saturated heterocycles. The molecule has 3 rings (SSSR count). The van der Waals surface area contributed by atoms with Crippen LogP contribution in [0.3, 0.4) is 0 Å². The lowest BCUT2D eigenvalue weighted by Gasteiger charge is -2.08. The Hall–Kier alpha value is -1.39. The molecule has 0 aliphatic heterocycles. The van der Waals surface area contributed by atoms with Crippen molar-refractivity contribution in [3.8, 4) is 5.75 Å². The van der Waals surface area contributed by atoms with Gasteiger partial charge in [-0.1, -0.05) is 18.2 Å². The topological polar surface area (TPSA) is 22.1 Å². The average molecular weight is 334 g/mol. The van der Waals surface area contributed by atoms with Gasteiger partial charge in [0.1, 0.15) is 17.9 Å². The minimum Gasteiger partial charge on any atom is -0.486 e. The maximum absolute atomic E-state index is 5.92. The van der Waals surface area contributed by atoms with E-state index in [4.69, 9.17) is 4.74 Å². The van der Waals surface area contributed by atoms with E-state index in [1.807, 2.05) is 36.6 Å². The van der Waals surface area contributed by atoms with Gasteiger partial charge >= 0.3 is 0 Å². The molecule has 0 atom stereocenters. The fourth-order valence-corrected chi connectivity index (χ4v) is 3.28. The molecule has 0 radical (unpaired) electrons. The van der Waals surface area contributed by atoms with E-state index in [0.717, 1.165) is 26.8 Å². The summed E-state index contributed by atoms with van der Waals surface area (Å²) >= 11 is 5.20. The highest BCUT2D eigenvalue weighted by atomic mass is 79.9. The number of rotatable bonds is 3. The summed E-state index contributed by atoms with van der Waals surface area (Å²) in [5.41, 5.74) is 1.93. The minimum atomic E-state index is 0.562. The third-order valence-corrected chi connectivity index (χ3v) is 4.77. The third-order valence-electron chi connectivity index (χ3n) is 2.87. The van der Waals surface area contributed by atoms with Gasteiger partial charge in [0.05, 0.1) is 4.88 Å². The summed E-state index contributed by atoms with van der Waals surface area (Å²) in [6.45, 7) is 2.55. The first-order chi connectivity index (χ1) is 9.24. The highest BCUT2D eigenvalue weighted by Gasteiger charge is 2.06. The molecule has 1 aromatic carbocycles. The first-order valence-electron chi connectivity index (χ1n) is 5.95. The number of pyridine rings is 1. The second-order valence-corrected chi connectivity index (χ2v) is 6.12. The third kappa shape index (κ3) is 2.65. The van der Waals surface area contributed by atoms with E-state index in [1.54, 1.807) is 11.3 Å². The van der Waals surface area contributed by atoms with Crippen molar-refractivity contribution in [2.24, 2.45) is 0 Å². The Morgan fingerprint density at radius 2 is 2.11 bits per heavy atom. The zero-order chi connectivity index (χ0) is 13.2. The Kier molecular flexibility index (Phi) is 3.53. The van der Waals surface area contributed by atoms with Crippen LogP contribution in [0.25, 0.3) is 10.9 Å². The van der Waals surface area contributed by atoms with Gasteiger partial charge in [0.25, 0.3) is 0 Å². The summed E-state index contributed by atoms with van der Waals surface area (Å²) in [7, 11) is 0. The maximum Gasteiger partial charge on any atom is 0.146 e. The van der Waals surface area contributed by atoms with Gasteiger partial charge < -0.3 is 4.74 Å². The fraction of sp³-hybridized carbons (Fsp3) is 0.133. The Bertz CT molecular complexity index is 723. The lowest BCUT2D eigenvalue weighted by Crippen LogP contribution is -1.96. The number of aromatic nitrogens is 1. The van der Waals surface area contributed by atoms with Crippen LogP contribution in [-0.4, -0.2) is 4.98 Å². The Morgan fingerprint density at radius 3 is 2.89 bits per heavy atom. The molecule has 0 aliphatic carbocycles. The number of hydrogen-bond acceptors (Lipinski definition) is 3. The largest absolute Gasteiger partial charge is 0.486 e. The molecule has 96 valence electrons. The van der Waals surface area contributed by atoms with Gasteiger partial charge in [-0.15, -0.1) is 11.3 Å². The molecule has 2 nitrogen and oxygen atoms in total. The number of hydrogen-bond donors (Lipinski definition) is 0. The molecule has 2 heterocycles. The molecule has 0 saturated carbocycles. The molecule has 0 N–H and O–H groups in total. The standard InChI is InChI=1S/C15H12BrNOS/c1-10-5-6-11-3-2-4-13(15(11)17-10)18-9-14-12(16)7-8-19-14/h2-8H,9H2,1H3. The van der Waals surface area contributed by atoms with Crippen LogP contribution in [0.15, 0.2) is 46.3 Å². The molecule has 0 aliphatic rings. The molecule has 0 unspecified atom stereocenters. The van der Waals surface area contributed by atoms with E-state index in [1.165, 1.54) is 4.88 Å². The molecule has 0 fully saturated rings. The molecule has 4 heteroatoms. The Morgan fingerprint density at radius 1 is 1.21 bits per heavy atom. The van der Waals surface area contributed by atoms with E-state index >= 15 is 0 Å². The fourth-order valence-electron chi connectivity index (χ4n) is 1.91. The molecule has 2 aromatic heterocycles. The second kappa shape index (κ2) is 5.31. The van der Waals surface area contributed by atoms with E-state index in [0.29, 0.717) is 6.61 Å². The zero-order valence-corrected chi connectivity index (χ0v) is 12.8. The summed E-state index contributed by atoms with van der Waals surface area (Å²) in [6.07, 6.45) is 0. The predicted octanol–water partition coefficient (Wildman–Crippen LogP) is 4.95. The second-order valence-electron chi connectivity index (χ2n) is 4.26. The van der Waals surface area contributed by atoms with Crippen LogP contribution < -0.4 is 4.74 Å². The number of halogens is 1. The normalized spacial score (nSPS) is 10.8. The van der Waals surface area contributed by atoms with E-state index in [9.17, 15) is 0 Å². The van der Waals surface area contributed by atoms with Crippen molar-refractivity contribution in [2.45, 2.75) is 13.5 Å². The number of ether oxygens (including phenoxy) is 1. The zero-order valence-electron chi connectivity index (χ0n) is 10.4. The van der Waals surface area contributed by atoms with Crippen LogP contribution in [-0.2, 0) is 6.61 Å². The van der Waals surface area contributed by atoms with Crippen LogP contribution in [0, 0.1) is 6.92 Å². The number of nitrogens with zero attached hydrogens (tertiary/aromatic N) is 1. The quantitative estimate of drug-likeness (QED) is 0.676. The number of benzene rings is 1. The molecular weight excluding hydrogens is 322 g/mol. The monoisotopic (exact) mass is 333 g/mol. The van der Waals surface area contributed by atoms with Crippen molar-refractivity contribution >= 4 is 38.2 Å². The lowest BCUT2D eigenvalue weighted by molar-refractivity contribution is 0.312. The van der Waals surface area contributed by atoms with Crippen LogP contribution in [0.1, 0.15) is 10.6 Å². The first kappa shape index (κ1) is 12.6. The predicted molar refractivity (Wildman–Crippen MR) is 82.8 cm³/mol. The van der Waals surface area contributed by atoms with Gasteiger partial charge in [0.2, 0.25) is 0 Å². The SMILES string of the molecule is Cc1ccc2cccc(OCc3sccc3Br)c2n1. The van der Waals surface area contributed by atoms with Crippen molar-refractivity contribution in [2.75, 3.05) is 0 Å². The number of aryl methyl sites for hydroxylation is 1. The van der Waals surface area contributed by atoms with Gasteiger partial charge in [-0.3, -0.25) is 0 Å². The van der Waals surface area contributed by atoms with Crippen LogP contribution in [0.5, 0.6) is 5.75 Å². The van der Waals surface area contributed by atoms with E-state index in [-0.39, 0.29) is 0 Å². The van der Waals surface area contributed by atoms with Crippen molar-refractivity contribution < 1.29 is 4.74 Å². The number of fused-ring (bicyclic) bond motifs is 1. The summed E-state index contributed by atoms with van der Waals surface area (Å²) in [5.74, 6) is 0.835. The highest BCUT2D eigenvalue weighted by Crippen LogP contribution is 2.28. The Labute approximate surface area is 124 Å². The molecule has 0 spiro atoms. The molecule has 19 heavy (non-hydrogen) atoms. The van der Waals surface area contributed by atoms with Gasteiger partial charge in [0, 0.05) is 15.6 Å². The average Bonchev–Trinajstić information content (AvgIpc) is 2.82. The first-order valence-corrected chi connectivity index (χ1v) is 7.62. The molecule has 0 bridgehead atoms. The van der Waals surface area contributed by atoms with Crippen molar-refractivity contribution in [3.05, 3.63) is 56.8 Å². The summed E-state index contributed by atoms with van der Waals surface area (Å²) in [4.78, 5) is 5.75. The summed E-state index contributed by atoms with van der Waals surface area (Å²) in [5, 5.41) is 3.15. The van der Waals surface area contributed by atoms with E-state index < -0.39 is 0 Å². The van der Waals surface area contributed by atoms with Crippen LogP contribution in [0.2, 0.25) is 0 Å². The minimum absolute atomic E-state index is 0.562. The summed E-state index contributed by atoms with van der Waals surface area (Å²) < 4.78 is 7.02. The number of thiophene rings is 1. The molecule has 0 amide bonds. The van der Waals surface area contributed by atoms with Crippen molar-refractivity contribution in [1.29, 1.82) is 0 Å². The van der Waals surface area contributed by atoms with Crippen LogP contribution in [0.4, 0.5) is 0 Å². The molecule has 3 aromatic rings. The lowest BCUT2D eigenvalue weighted by atomic mass is 10.2. The van der Waals surface area contributed by atoms with Crippen molar-refractivity contribution in [1.82, 2.24) is 4.98 Å². The smallest absolute Gasteiger partial charge is 0.146 e.